The first-order chi connectivity index (χ1) is 9.67. The Hall–Kier alpha value is -1.37. The zero-order valence-electron chi connectivity index (χ0n) is 12.2. The van der Waals surface area contributed by atoms with Crippen LogP contribution in [0.2, 0.25) is 0 Å². The van der Waals surface area contributed by atoms with Crippen LogP contribution >= 0.6 is 0 Å². The van der Waals surface area contributed by atoms with Crippen LogP contribution in [0.3, 0.4) is 0 Å². The predicted octanol–water partition coefficient (Wildman–Crippen LogP) is 4.78. The summed E-state index contributed by atoms with van der Waals surface area (Å²) < 4.78 is 1.27. The Bertz CT molecular complexity index is 742. The molecular weight excluding hydrogens is 309 g/mol. The molecule has 0 fully saturated rings. The topological polar surface area (TPSA) is 12.9 Å². The third kappa shape index (κ3) is 2.59. The molecule has 102 valence electrons. The van der Waals surface area contributed by atoms with Crippen LogP contribution in [0, 0.1) is 6.92 Å². The number of hydrogen-bond acceptors (Lipinski definition) is 1. The second kappa shape index (κ2) is 5.55. The summed E-state index contributed by atoms with van der Waals surface area (Å²) in [6.45, 7) is 6.71. The molecule has 0 N–H and O–H groups in total. The number of benzene rings is 1. The van der Waals surface area contributed by atoms with Crippen LogP contribution < -0.4 is 0 Å². The fraction of sp³-hybridized carbons (Fsp3) is 0.278. The van der Waals surface area contributed by atoms with Crippen molar-refractivity contribution in [1.29, 1.82) is 0 Å². The molecule has 1 atom stereocenters. The molecule has 2 heteroatoms. The molecule has 0 amide bonds. The molecule has 0 bridgehead atoms. The summed E-state index contributed by atoms with van der Waals surface area (Å²) in [7, 11) is 0. The molecule has 0 spiro atoms. The number of pyridine rings is 1. The molecule has 2 aromatic heterocycles. The van der Waals surface area contributed by atoms with Gasteiger partial charge in [0.1, 0.15) is 0 Å². The Morgan fingerprint density at radius 1 is 1.15 bits per heavy atom. The van der Waals surface area contributed by atoms with Gasteiger partial charge >= 0.3 is 126 Å². The van der Waals surface area contributed by atoms with Crippen molar-refractivity contribution in [2.45, 2.75) is 33.1 Å². The van der Waals surface area contributed by atoms with Crippen LogP contribution in [0.25, 0.3) is 21.0 Å². The van der Waals surface area contributed by atoms with Crippen LogP contribution in [0.15, 0.2) is 41.3 Å². The molecular formula is C18H19NSe. The number of hydrogen-bond donors (Lipinski definition) is 0. The van der Waals surface area contributed by atoms with Crippen LogP contribution in [0.4, 0.5) is 0 Å². The van der Waals surface area contributed by atoms with E-state index in [9.17, 15) is 0 Å². The summed E-state index contributed by atoms with van der Waals surface area (Å²) in [6, 6.07) is 13.4. The number of aromatic nitrogens is 1. The monoisotopic (exact) mass is 329 g/mol. The minimum atomic E-state index is 0.411. The zero-order valence-corrected chi connectivity index (χ0v) is 13.9. The van der Waals surface area contributed by atoms with E-state index in [4.69, 9.17) is 4.98 Å². The standard InChI is InChI=1S/C18H19NSe/c1-4-13(3)15-9-12(2)10-16(11-15)17-6-5-14-7-8-20-18(14)19-17/h5-11,13H,4H2,1-3H3. The van der Waals surface area contributed by atoms with Crippen molar-refractivity contribution in [3.05, 3.63) is 52.5 Å². The summed E-state index contributed by atoms with van der Waals surface area (Å²) in [5, 5.41) is 1.29. The van der Waals surface area contributed by atoms with Gasteiger partial charge in [0.25, 0.3) is 0 Å². The van der Waals surface area contributed by atoms with Gasteiger partial charge in [0.15, 0.2) is 0 Å². The molecule has 0 saturated heterocycles. The van der Waals surface area contributed by atoms with E-state index >= 15 is 0 Å². The van der Waals surface area contributed by atoms with Crippen LogP contribution in [-0.4, -0.2) is 19.5 Å². The van der Waals surface area contributed by atoms with Gasteiger partial charge in [-0.05, 0) is 0 Å². The SMILES string of the molecule is CCC(C)c1cc(C)cc(-c2ccc3cc[se]c3n2)c1. The van der Waals surface area contributed by atoms with Crippen molar-refractivity contribution < 1.29 is 0 Å². The molecule has 2 heterocycles. The summed E-state index contributed by atoms with van der Waals surface area (Å²) in [4.78, 5) is 7.10. The predicted molar refractivity (Wildman–Crippen MR) is 87.6 cm³/mol. The van der Waals surface area contributed by atoms with E-state index in [0.717, 1.165) is 5.69 Å². The van der Waals surface area contributed by atoms with Gasteiger partial charge in [-0.25, -0.2) is 0 Å². The van der Waals surface area contributed by atoms with E-state index in [1.807, 2.05) is 0 Å². The van der Waals surface area contributed by atoms with Gasteiger partial charge < -0.3 is 0 Å². The normalized spacial score (nSPS) is 12.8. The van der Waals surface area contributed by atoms with Crippen molar-refractivity contribution in [2.75, 3.05) is 0 Å². The number of rotatable bonds is 3. The Morgan fingerprint density at radius 2 is 2.00 bits per heavy atom. The van der Waals surface area contributed by atoms with Crippen LogP contribution in [0.5, 0.6) is 0 Å². The van der Waals surface area contributed by atoms with E-state index in [0.29, 0.717) is 20.4 Å². The third-order valence-electron chi connectivity index (χ3n) is 3.89. The maximum absolute atomic E-state index is 4.86. The summed E-state index contributed by atoms with van der Waals surface area (Å²) >= 11 is 0.411. The Kier molecular flexibility index (Phi) is 3.78. The fourth-order valence-corrected chi connectivity index (χ4v) is 4.09. The van der Waals surface area contributed by atoms with Crippen LogP contribution in [-0.2, 0) is 0 Å². The average molecular weight is 328 g/mol. The van der Waals surface area contributed by atoms with Crippen LogP contribution in [0.1, 0.15) is 37.3 Å². The average Bonchev–Trinajstić information content (AvgIpc) is 2.93. The molecule has 0 radical (unpaired) electrons. The second-order valence-corrected chi connectivity index (χ2v) is 7.33. The van der Waals surface area contributed by atoms with E-state index in [2.05, 4.69) is 62.1 Å². The molecule has 0 aliphatic heterocycles. The molecule has 20 heavy (non-hydrogen) atoms. The van der Waals surface area contributed by atoms with Crippen molar-refractivity contribution in [3.63, 3.8) is 0 Å². The molecule has 1 unspecified atom stereocenters. The van der Waals surface area contributed by atoms with Crippen molar-refractivity contribution in [3.8, 4) is 11.3 Å². The van der Waals surface area contributed by atoms with E-state index in [1.165, 1.54) is 32.9 Å². The van der Waals surface area contributed by atoms with Gasteiger partial charge in [-0.15, -0.1) is 0 Å². The summed E-state index contributed by atoms with van der Waals surface area (Å²) in [6.07, 6.45) is 1.17. The van der Waals surface area contributed by atoms with Crippen molar-refractivity contribution >= 4 is 24.3 Å². The first kappa shape index (κ1) is 13.6. The number of fused-ring (bicyclic) bond motifs is 1. The van der Waals surface area contributed by atoms with Crippen molar-refractivity contribution in [2.24, 2.45) is 0 Å². The van der Waals surface area contributed by atoms with Gasteiger partial charge in [-0.1, -0.05) is 0 Å². The van der Waals surface area contributed by atoms with Gasteiger partial charge in [-0.3, -0.25) is 0 Å². The first-order valence-electron chi connectivity index (χ1n) is 7.13. The Labute approximate surface area is 126 Å². The van der Waals surface area contributed by atoms with E-state index < -0.39 is 0 Å². The third-order valence-corrected chi connectivity index (χ3v) is 5.62. The molecule has 3 rings (SSSR count). The Balaban J connectivity index is 2.10. The zero-order chi connectivity index (χ0) is 14.1. The number of nitrogens with zero attached hydrogens (tertiary/aromatic N) is 1. The summed E-state index contributed by atoms with van der Waals surface area (Å²) in [5.41, 5.74) is 5.12. The molecule has 0 aliphatic carbocycles. The maximum atomic E-state index is 4.86. The summed E-state index contributed by atoms with van der Waals surface area (Å²) in [5.74, 6) is 0.606. The minimum absolute atomic E-state index is 0.411. The molecule has 3 aromatic rings. The van der Waals surface area contributed by atoms with Gasteiger partial charge in [0.05, 0.1) is 0 Å². The van der Waals surface area contributed by atoms with Gasteiger partial charge in [0.2, 0.25) is 0 Å². The quantitative estimate of drug-likeness (QED) is 0.631. The number of aryl methyl sites for hydroxylation is 1. The molecule has 1 nitrogen and oxygen atoms in total. The van der Waals surface area contributed by atoms with Crippen molar-refractivity contribution in [1.82, 2.24) is 4.98 Å². The molecule has 0 saturated carbocycles. The Morgan fingerprint density at radius 3 is 2.80 bits per heavy atom. The molecule has 0 aliphatic rings. The van der Waals surface area contributed by atoms with Gasteiger partial charge in [0, 0.05) is 0 Å². The van der Waals surface area contributed by atoms with Gasteiger partial charge in [-0.2, -0.15) is 0 Å². The molecule has 1 aromatic carbocycles. The van der Waals surface area contributed by atoms with E-state index in [1.54, 1.807) is 0 Å². The fourth-order valence-electron chi connectivity index (χ4n) is 2.49. The second-order valence-electron chi connectivity index (χ2n) is 5.45. The van der Waals surface area contributed by atoms with E-state index in [-0.39, 0.29) is 0 Å². The first-order valence-corrected chi connectivity index (χ1v) is 8.98.